The van der Waals surface area contributed by atoms with Crippen LogP contribution >= 0.6 is 0 Å². The summed E-state index contributed by atoms with van der Waals surface area (Å²) >= 11 is 0. The van der Waals surface area contributed by atoms with Crippen molar-refractivity contribution in [3.05, 3.63) is 0 Å². The fourth-order valence-electron chi connectivity index (χ4n) is 1.82. The summed E-state index contributed by atoms with van der Waals surface area (Å²) in [6.45, 7) is 6.91. The summed E-state index contributed by atoms with van der Waals surface area (Å²) in [6.07, 6.45) is 3.76. The van der Waals surface area contributed by atoms with Crippen molar-refractivity contribution >= 4 is 0 Å². The van der Waals surface area contributed by atoms with E-state index in [0.29, 0.717) is 0 Å². The van der Waals surface area contributed by atoms with E-state index in [1.165, 1.54) is 32.4 Å². The summed E-state index contributed by atoms with van der Waals surface area (Å²) in [5.41, 5.74) is 0. The lowest BCUT2D eigenvalue weighted by atomic mass is 10.1. The van der Waals surface area contributed by atoms with Crippen molar-refractivity contribution in [1.82, 2.24) is 10.2 Å². The fraction of sp³-hybridized carbons (Fsp3) is 1.00. The van der Waals surface area contributed by atoms with Gasteiger partial charge in [-0.05, 0) is 32.5 Å². The van der Waals surface area contributed by atoms with Crippen molar-refractivity contribution in [1.29, 1.82) is 0 Å². The number of likely N-dealkylation sites (N-methyl/N-ethyl adjacent to an activating group) is 1. The maximum Gasteiger partial charge on any atom is 0.0791 e. The average molecular weight is 186 g/mol. The lowest BCUT2D eigenvalue weighted by Gasteiger charge is -2.28. The normalized spacial score (nSPS) is 21.7. The number of nitrogens with zero attached hydrogens (tertiary/aromatic N) is 1. The molecule has 1 saturated heterocycles. The molecule has 1 rings (SSSR count). The Labute approximate surface area is 81.1 Å². The van der Waals surface area contributed by atoms with Gasteiger partial charge in [-0.2, -0.15) is 0 Å². The van der Waals surface area contributed by atoms with Crippen LogP contribution in [0.2, 0.25) is 0 Å². The molecule has 0 saturated carbocycles. The maximum atomic E-state index is 9.63. The molecule has 2 N–H and O–H groups in total. The minimum atomic E-state index is -0.196. The fourth-order valence-corrected chi connectivity index (χ4v) is 1.82. The van der Waals surface area contributed by atoms with E-state index in [9.17, 15) is 5.11 Å². The van der Waals surface area contributed by atoms with E-state index in [0.717, 1.165) is 19.6 Å². The molecular weight excluding hydrogens is 164 g/mol. The largest absolute Gasteiger partial charge is 0.390 e. The molecule has 1 unspecified atom stereocenters. The van der Waals surface area contributed by atoms with Crippen molar-refractivity contribution in [3.8, 4) is 0 Å². The molecule has 3 heteroatoms. The Bertz CT molecular complexity index is 124. The first-order chi connectivity index (χ1) is 6.33. The molecule has 1 heterocycles. The van der Waals surface area contributed by atoms with Gasteiger partial charge in [0.25, 0.3) is 0 Å². The van der Waals surface area contributed by atoms with Gasteiger partial charge in [-0.25, -0.2) is 0 Å². The highest BCUT2D eigenvalue weighted by molar-refractivity contribution is 4.69. The Balaban J connectivity index is 2.07. The SMILES string of the molecule is CCNCC(O)CN1CCCCC1. The van der Waals surface area contributed by atoms with E-state index in [2.05, 4.69) is 17.1 Å². The van der Waals surface area contributed by atoms with Crippen LogP contribution in [-0.2, 0) is 0 Å². The molecule has 3 nitrogen and oxygen atoms in total. The molecule has 0 spiro atoms. The number of nitrogens with one attached hydrogen (secondary N) is 1. The molecule has 1 aliphatic rings. The first kappa shape index (κ1) is 11.0. The number of β-amino-alcohol motifs (C(OH)–C–C–N with tert-alkyl or cyclic N) is 1. The third kappa shape index (κ3) is 4.60. The van der Waals surface area contributed by atoms with Crippen molar-refractivity contribution in [2.45, 2.75) is 32.3 Å². The lowest BCUT2D eigenvalue weighted by Crippen LogP contribution is -2.40. The lowest BCUT2D eigenvalue weighted by molar-refractivity contribution is 0.101. The Kier molecular flexibility index (Phi) is 5.35. The van der Waals surface area contributed by atoms with Gasteiger partial charge >= 0.3 is 0 Å². The number of hydrogen-bond donors (Lipinski definition) is 2. The number of hydrogen-bond acceptors (Lipinski definition) is 3. The third-order valence-corrected chi connectivity index (χ3v) is 2.55. The van der Waals surface area contributed by atoms with Gasteiger partial charge in [0, 0.05) is 13.1 Å². The highest BCUT2D eigenvalue weighted by atomic mass is 16.3. The van der Waals surface area contributed by atoms with Crippen LogP contribution < -0.4 is 5.32 Å². The molecule has 13 heavy (non-hydrogen) atoms. The van der Waals surface area contributed by atoms with E-state index in [1.807, 2.05) is 0 Å². The zero-order valence-corrected chi connectivity index (χ0v) is 8.63. The van der Waals surface area contributed by atoms with E-state index in [-0.39, 0.29) is 6.10 Å². The molecule has 0 aliphatic carbocycles. The van der Waals surface area contributed by atoms with E-state index in [1.54, 1.807) is 0 Å². The third-order valence-electron chi connectivity index (χ3n) is 2.55. The standard InChI is InChI=1S/C10H22N2O/c1-2-11-8-10(13)9-12-6-4-3-5-7-12/h10-11,13H,2-9H2,1H3. The maximum absolute atomic E-state index is 9.63. The Hall–Kier alpha value is -0.120. The minimum absolute atomic E-state index is 0.196. The van der Waals surface area contributed by atoms with Crippen molar-refractivity contribution < 1.29 is 5.11 Å². The summed E-state index contributed by atoms with van der Waals surface area (Å²) < 4.78 is 0. The number of likely N-dealkylation sites (tertiary alicyclic amines) is 1. The van der Waals surface area contributed by atoms with Gasteiger partial charge in [-0.1, -0.05) is 13.3 Å². The molecule has 0 aromatic rings. The summed E-state index contributed by atoms with van der Waals surface area (Å²) in [5, 5.41) is 12.8. The van der Waals surface area contributed by atoms with Gasteiger partial charge in [-0.3, -0.25) is 0 Å². The van der Waals surface area contributed by atoms with Crippen LogP contribution in [0.25, 0.3) is 0 Å². The molecule has 78 valence electrons. The van der Waals surface area contributed by atoms with Crippen LogP contribution in [0.1, 0.15) is 26.2 Å². The number of aliphatic hydroxyl groups is 1. The van der Waals surface area contributed by atoms with Gasteiger partial charge in [-0.15, -0.1) is 0 Å². The molecule has 0 bridgehead atoms. The molecule has 0 aromatic carbocycles. The summed E-state index contributed by atoms with van der Waals surface area (Å²) in [5.74, 6) is 0. The summed E-state index contributed by atoms with van der Waals surface area (Å²) in [6, 6.07) is 0. The Morgan fingerprint density at radius 1 is 1.31 bits per heavy atom. The topological polar surface area (TPSA) is 35.5 Å². The zero-order chi connectivity index (χ0) is 9.52. The van der Waals surface area contributed by atoms with Gasteiger partial charge in [0.15, 0.2) is 0 Å². The Morgan fingerprint density at radius 2 is 2.00 bits per heavy atom. The van der Waals surface area contributed by atoms with Crippen LogP contribution in [0, 0.1) is 0 Å². The number of rotatable bonds is 5. The van der Waals surface area contributed by atoms with Crippen LogP contribution in [0.4, 0.5) is 0 Å². The van der Waals surface area contributed by atoms with Crippen molar-refractivity contribution in [2.75, 3.05) is 32.7 Å². The van der Waals surface area contributed by atoms with E-state index in [4.69, 9.17) is 0 Å². The van der Waals surface area contributed by atoms with Crippen LogP contribution in [0.5, 0.6) is 0 Å². The van der Waals surface area contributed by atoms with Crippen molar-refractivity contribution in [3.63, 3.8) is 0 Å². The second kappa shape index (κ2) is 6.35. The smallest absolute Gasteiger partial charge is 0.0791 e. The first-order valence-corrected chi connectivity index (χ1v) is 5.44. The highest BCUT2D eigenvalue weighted by Gasteiger charge is 2.13. The molecular formula is C10H22N2O. The predicted octanol–water partition coefficient (Wildman–Crippen LogP) is 0.443. The molecule has 0 amide bonds. The number of aliphatic hydroxyl groups excluding tert-OH is 1. The first-order valence-electron chi connectivity index (χ1n) is 5.44. The number of piperidine rings is 1. The predicted molar refractivity (Wildman–Crippen MR) is 54.8 cm³/mol. The van der Waals surface area contributed by atoms with Gasteiger partial charge in [0.1, 0.15) is 0 Å². The second-order valence-electron chi connectivity index (χ2n) is 3.82. The molecule has 1 fully saturated rings. The summed E-state index contributed by atoms with van der Waals surface area (Å²) in [4.78, 5) is 2.37. The Morgan fingerprint density at radius 3 is 2.62 bits per heavy atom. The average Bonchev–Trinajstić information content (AvgIpc) is 2.16. The van der Waals surface area contributed by atoms with Gasteiger partial charge in [0.2, 0.25) is 0 Å². The monoisotopic (exact) mass is 186 g/mol. The minimum Gasteiger partial charge on any atom is -0.390 e. The van der Waals surface area contributed by atoms with E-state index < -0.39 is 0 Å². The van der Waals surface area contributed by atoms with Gasteiger partial charge < -0.3 is 15.3 Å². The molecule has 1 aliphatic heterocycles. The van der Waals surface area contributed by atoms with E-state index >= 15 is 0 Å². The van der Waals surface area contributed by atoms with Crippen LogP contribution in [0.3, 0.4) is 0 Å². The summed E-state index contributed by atoms with van der Waals surface area (Å²) in [7, 11) is 0. The van der Waals surface area contributed by atoms with Crippen LogP contribution in [-0.4, -0.2) is 48.8 Å². The quantitative estimate of drug-likeness (QED) is 0.654. The molecule has 0 radical (unpaired) electrons. The van der Waals surface area contributed by atoms with Crippen molar-refractivity contribution in [2.24, 2.45) is 0 Å². The van der Waals surface area contributed by atoms with Gasteiger partial charge in [0.05, 0.1) is 6.10 Å². The zero-order valence-electron chi connectivity index (χ0n) is 8.63. The highest BCUT2D eigenvalue weighted by Crippen LogP contribution is 2.08. The molecule has 1 atom stereocenters. The second-order valence-corrected chi connectivity index (χ2v) is 3.82. The molecule has 0 aromatic heterocycles. The van der Waals surface area contributed by atoms with Crippen LogP contribution in [0.15, 0.2) is 0 Å².